The van der Waals surface area contributed by atoms with Crippen LogP contribution < -0.4 is 0 Å². The number of rotatable bonds is 7. The standard InChI is InChI=1S/C23H36O16/c1-8(26)39-22(2)5-11(37-19-16(31)14(29)12(27)9(6-24)35-19)23(33)3-4-34-21(18(22)23)38-20-17(32)15(30)13(28)10(7-25)36-20/h3-4,9-21,24-25,27-33H,5-7H2,1-2H3. The molecule has 9 N–H and O–H groups in total. The Morgan fingerprint density at radius 1 is 0.846 bits per heavy atom. The van der Waals surface area contributed by atoms with Gasteiger partial charge >= 0.3 is 5.97 Å². The van der Waals surface area contributed by atoms with Crippen LogP contribution in [0.5, 0.6) is 0 Å². The molecule has 2 saturated heterocycles. The molecule has 3 heterocycles. The average molecular weight is 569 g/mol. The monoisotopic (exact) mass is 568 g/mol. The van der Waals surface area contributed by atoms with Crippen molar-refractivity contribution in [1.29, 1.82) is 0 Å². The molecule has 0 aromatic carbocycles. The lowest BCUT2D eigenvalue weighted by Gasteiger charge is -2.46. The molecule has 0 aromatic rings. The first-order valence-electron chi connectivity index (χ1n) is 12.4. The van der Waals surface area contributed by atoms with Gasteiger partial charge in [-0.1, -0.05) is 0 Å². The summed E-state index contributed by atoms with van der Waals surface area (Å²) in [5, 5.41) is 92.0. The maximum Gasteiger partial charge on any atom is 0.303 e. The lowest BCUT2D eigenvalue weighted by Crippen LogP contribution is -2.63. The van der Waals surface area contributed by atoms with Gasteiger partial charge in [-0.3, -0.25) is 4.79 Å². The first kappa shape index (κ1) is 30.4. The highest BCUT2D eigenvalue weighted by Crippen LogP contribution is 2.53. The Hall–Kier alpha value is -1.51. The van der Waals surface area contributed by atoms with Gasteiger partial charge in [-0.05, 0) is 13.0 Å². The molecule has 15 unspecified atom stereocenters. The number of carbonyl (C=O) groups is 1. The van der Waals surface area contributed by atoms with E-state index in [1.54, 1.807) is 0 Å². The molecule has 16 heteroatoms. The summed E-state index contributed by atoms with van der Waals surface area (Å²) < 4.78 is 33.5. The van der Waals surface area contributed by atoms with E-state index in [1.165, 1.54) is 13.0 Å². The Balaban J connectivity index is 1.62. The number of aliphatic hydroxyl groups excluding tert-OH is 8. The van der Waals surface area contributed by atoms with Crippen LogP contribution in [0, 0.1) is 5.92 Å². The molecule has 0 amide bonds. The van der Waals surface area contributed by atoms with Crippen molar-refractivity contribution in [2.45, 2.75) is 105 Å². The molecule has 15 atom stereocenters. The predicted octanol–water partition coefficient (Wildman–Crippen LogP) is -5.07. The van der Waals surface area contributed by atoms with E-state index in [9.17, 15) is 50.8 Å². The molecule has 4 aliphatic rings. The summed E-state index contributed by atoms with van der Waals surface area (Å²) in [7, 11) is 0. The molecule has 16 nitrogen and oxygen atoms in total. The lowest BCUT2D eigenvalue weighted by atomic mass is 9.81. The Morgan fingerprint density at radius 3 is 1.85 bits per heavy atom. The molecule has 1 saturated carbocycles. The fraction of sp³-hybridized carbons (Fsp3) is 0.870. The highest BCUT2D eigenvalue weighted by atomic mass is 16.8. The molecule has 224 valence electrons. The van der Waals surface area contributed by atoms with Crippen molar-refractivity contribution in [1.82, 2.24) is 0 Å². The first-order chi connectivity index (χ1) is 18.3. The van der Waals surface area contributed by atoms with Crippen LogP contribution in [0.4, 0.5) is 0 Å². The van der Waals surface area contributed by atoms with Crippen LogP contribution in [-0.4, -0.2) is 150 Å². The third-order valence-electron chi connectivity index (χ3n) is 7.72. The van der Waals surface area contributed by atoms with Crippen molar-refractivity contribution in [3.8, 4) is 0 Å². The average Bonchev–Trinajstić information content (AvgIpc) is 3.10. The van der Waals surface area contributed by atoms with E-state index in [4.69, 9.17) is 28.4 Å². The van der Waals surface area contributed by atoms with Gasteiger partial charge in [-0.2, -0.15) is 0 Å². The van der Waals surface area contributed by atoms with Crippen molar-refractivity contribution in [2.24, 2.45) is 5.92 Å². The van der Waals surface area contributed by atoms with Crippen molar-refractivity contribution in [3.05, 3.63) is 12.3 Å². The minimum atomic E-state index is -2.06. The van der Waals surface area contributed by atoms with Gasteiger partial charge in [0.05, 0.1) is 31.5 Å². The van der Waals surface area contributed by atoms with E-state index in [0.29, 0.717) is 0 Å². The number of fused-ring (bicyclic) bond motifs is 1. The van der Waals surface area contributed by atoms with Crippen LogP contribution in [0.25, 0.3) is 0 Å². The molecular formula is C23H36O16. The van der Waals surface area contributed by atoms with Crippen LogP contribution in [0.2, 0.25) is 0 Å². The number of hydrogen-bond donors (Lipinski definition) is 9. The van der Waals surface area contributed by atoms with E-state index < -0.39 is 110 Å². The van der Waals surface area contributed by atoms with Gasteiger partial charge in [0.1, 0.15) is 60.0 Å². The third kappa shape index (κ3) is 5.42. The first-order valence-corrected chi connectivity index (χ1v) is 12.4. The second-order valence-corrected chi connectivity index (χ2v) is 10.4. The Morgan fingerprint density at radius 2 is 1.36 bits per heavy atom. The highest BCUT2D eigenvalue weighted by Gasteiger charge is 2.68. The van der Waals surface area contributed by atoms with Gasteiger partial charge in [0.25, 0.3) is 0 Å². The Kier molecular flexibility index (Phi) is 8.90. The number of hydrogen-bond acceptors (Lipinski definition) is 16. The second kappa shape index (κ2) is 11.4. The van der Waals surface area contributed by atoms with E-state index in [-0.39, 0.29) is 6.42 Å². The topological polar surface area (TPSA) is 255 Å². The number of aliphatic hydroxyl groups is 9. The molecule has 0 bridgehead atoms. The molecule has 0 aromatic heterocycles. The molecular weight excluding hydrogens is 532 g/mol. The molecule has 3 aliphatic heterocycles. The van der Waals surface area contributed by atoms with E-state index in [2.05, 4.69) is 0 Å². The van der Waals surface area contributed by atoms with Crippen LogP contribution in [-0.2, 0) is 33.2 Å². The summed E-state index contributed by atoms with van der Waals surface area (Å²) in [4.78, 5) is 12.1. The Labute approximate surface area is 222 Å². The van der Waals surface area contributed by atoms with Crippen LogP contribution in [0.15, 0.2) is 12.3 Å². The summed E-state index contributed by atoms with van der Waals surface area (Å²) in [5.74, 6) is -2.03. The normalized spacial score (nSPS) is 51.7. The van der Waals surface area contributed by atoms with Gasteiger partial charge in [-0.15, -0.1) is 0 Å². The van der Waals surface area contributed by atoms with E-state index in [1.807, 2.05) is 0 Å². The maximum atomic E-state index is 12.1. The number of esters is 1. The van der Waals surface area contributed by atoms with Crippen molar-refractivity contribution in [3.63, 3.8) is 0 Å². The SMILES string of the molecule is CC(=O)OC1(C)CC(OC2OC(CO)C(O)C(O)C2O)C2(O)C=COC(OC3OC(CO)C(O)C(O)C3O)C12. The van der Waals surface area contributed by atoms with Gasteiger partial charge < -0.3 is 74.4 Å². The molecule has 39 heavy (non-hydrogen) atoms. The molecule has 0 spiro atoms. The largest absolute Gasteiger partial charge is 0.472 e. The zero-order valence-electron chi connectivity index (χ0n) is 21.2. The van der Waals surface area contributed by atoms with Crippen LogP contribution in [0.3, 0.4) is 0 Å². The van der Waals surface area contributed by atoms with Crippen LogP contribution >= 0.6 is 0 Å². The quantitative estimate of drug-likeness (QED) is 0.130. The van der Waals surface area contributed by atoms with Crippen LogP contribution in [0.1, 0.15) is 20.3 Å². The fourth-order valence-corrected chi connectivity index (χ4v) is 5.72. The smallest absolute Gasteiger partial charge is 0.303 e. The zero-order valence-corrected chi connectivity index (χ0v) is 21.2. The minimum Gasteiger partial charge on any atom is -0.472 e. The zero-order chi connectivity index (χ0) is 28.9. The fourth-order valence-electron chi connectivity index (χ4n) is 5.72. The summed E-state index contributed by atoms with van der Waals surface area (Å²) in [5.41, 5.74) is -3.64. The minimum absolute atomic E-state index is 0.231. The number of carbonyl (C=O) groups excluding carboxylic acids is 1. The summed E-state index contributed by atoms with van der Waals surface area (Å²) in [6.45, 7) is 1.15. The maximum absolute atomic E-state index is 12.1. The molecule has 4 rings (SSSR count). The number of ether oxygens (including phenoxy) is 6. The van der Waals surface area contributed by atoms with Crippen molar-refractivity contribution in [2.75, 3.05) is 13.2 Å². The highest BCUT2D eigenvalue weighted by molar-refractivity contribution is 5.66. The van der Waals surface area contributed by atoms with E-state index >= 15 is 0 Å². The van der Waals surface area contributed by atoms with Gasteiger partial charge in [-0.25, -0.2) is 0 Å². The lowest BCUT2D eigenvalue weighted by molar-refractivity contribution is -0.354. The van der Waals surface area contributed by atoms with Gasteiger partial charge in [0.15, 0.2) is 12.6 Å². The van der Waals surface area contributed by atoms with E-state index in [0.717, 1.165) is 13.2 Å². The summed E-state index contributed by atoms with van der Waals surface area (Å²) in [6, 6.07) is 0. The summed E-state index contributed by atoms with van der Waals surface area (Å²) >= 11 is 0. The second-order valence-electron chi connectivity index (χ2n) is 10.4. The van der Waals surface area contributed by atoms with Gasteiger partial charge in [0.2, 0.25) is 6.29 Å². The van der Waals surface area contributed by atoms with Crippen molar-refractivity contribution < 1.29 is 79.2 Å². The summed E-state index contributed by atoms with van der Waals surface area (Å²) in [6.07, 6.45) is -17.1. The Bertz CT molecular complexity index is 899. The van der Waals surface area contributed by atoms with Gasteiger partial charge in [0, 0.05) is 13.3 Å². The third-order valence-corrected chi connectivity index (χ3v) is 7.72. The van der Waals surface area contributed by atoms with Crippen molar-refractivity contribution >= 4 is 5.97 Å². The molecule has 0 radical (unpaired) electrons. The molecule has 3 fully saturated rings. The molecule has 1 aliphatic carbocycles. The predicted molar refractivity (Wildman–Crippen MR) is 121 cm³/mol.